The van der Waals surface area contributed by atoms with Gasteiger partial charge in [0.1, 0.15) is 22.8 Å². The number of carbonyl (C=O) groups excluding carboxylic acids is 3. The predicted molar refractivity (Wildman–Crippen MR) is 126 cm³/mol. The monoisotopic (exact) mass is 461 g/mol. The number of aliphatic hydroxyl groups excluding tert-OH is 1. The number of aliphatic hydroxyl groups is 1. The molecule has 2 aromatic carbocycles. The zero-order chi connectivity index (χ0) is 24.3. The Bertz CT molecular complexity index is 1130. The third-order valence-corrected chi connectivity index (χ3v) is 6.42. The number of amides is 4. The number of imide groups is 1. The van der Waals surface area contributed by atoms with Crippen molar-refractivity contribution in [3.8, 4) is 5.75 Å². The molecule has 0 radical (unpaired) electrons. The van der Waals surface area contributed by atoms with Gasteiger partial charge in [-0.2, -0.15) is 0 Å². The van der Waals surface area contributed by atoms with Crippen molar-refractivity contribution in [2.24, 2.45) is 5.41 Å². The van der Waals surface area contributed by atoms with Gasteiger partial charge in [0, 0.05) is 12.5 Å². The Morgan fingerprint density at radius 1 is 1.09 bits per heavy atom. The molecule has 1 fully saturated rings. The summed E-state index contributed by atoms with van der Waals surface area (Å²) in [6, 6.07) is 16.2. The minimum absolute atomic E-state index is 0.101. The molecule has 2 aromatic rings. The fraction of sp³-hybridized carbons (Fsp3) is 0.269. The highest BCUT2D eigenvalue weighted by molar-refractivity contribution is 6.08. The summed E-state index contributed by atoms with van der Waals surface area (Å²) >= 11 is 0. The van der Waals surface area contributed by atoms with Gasteiger partial charge in [0.05, 0.1) is 7.11 Å². The molecule has 2 atom stereocenters. The van der Waals surface area contributed by atoms with Crippen LogP contribution in [0.3, 0.4) is 0 Å². The summed E-state index contributed by atoms with van der Waals surface area (Å²) in [7, 11) is 1.57. The standard InChI is InChI=1S/C26H27N3O5/c1-25(22(31)28-24(33)29-25)21(30)26(14-12-19(13-15-26)18-6-4-3-5-7-18)23(32)27-16-17-8-10-20(34-2)11-9-17/h3-15,19,21,30H,16H2,1-2H3,(H,27,32)(H2,28,29,31,33). The molecule has 4 N–H and O–H groups in total. The second kappa shape index (κ2) is 9.15. The van der Waals surface area contributed by atoms with E-state index < -0.39 is 34.9 Å². The number of hydrogen-bond donors (Lipinski definition) is 4. The van der Waals surface area contributed by atoms with Gasteiger partial charge < -0.3 is 20.5 Å². The third-order valence-electron chi connectivity index (χ3n) is 6.42. The molecule has 0 saturated carbocycles. The Balaban J connectivity index is 1.63. The molecule has 0 bridgehead atoms. The first kappa shape index (κ1) is 23.3. The van der Waals surface area contributed by atoms with Crippen molar-refractivity contribution in [2.45, 2.75) is 31.0 Å². The summed E-state index contributed by atoms with van der Waals surface area (Å²) in [5, 5.41) is 18.9. The van der Waals surface area contributed by atoms with E-state index in [1.807, 2.05) is 54.6 Å². The summed E-state index contributed by atoms with van der Waals surface area (Å²) in [5.74, 6) is -0.594. The number of benzene rings is 2. The lowest BCUT2D eigenvalue weighted by atomic mass is 9.69. The Kier molecular flexibility index (Phi) is 6.26. The van der Waals surface area contributed by atoms with E-state index in [4.69, 9.17) is 4.74 Å². The van der Waals surface area contributed by atoms with E-state index in [2.05, 4.69) is 16.0 Å². The van der Waals surface area contributed by atoms with Crippen LogP contribution in [0.5, 0.6) is 5.75 Å². The number of urea groups is 1. The van der Waals surface area contributed by atoms with Gasteiger partial charge in [-0.1, -0.05) is 66.8 Å². The van der Waals surface area contributed by atoms with Crippen LogP contribution < -0.4 is 20.7 Å². The minimum atomic E-state index is -1.69. The Morgan fingerprint density at radius 3 is 2.29 bits per heavy atom. The molecule has 1 saturated heterocycles. The topological polar surface area (TPSA) is 117 Å². The van der Waals surface area contributed by atoms with Crippen molar-refractivity contribution >= 4 is 17.8 Å². The maximum absolute atomic E-state index is 13.5. The lowest BCUT2D eigenvalue weighted by molar-refractivity contribution is -0.138. The minimum Gasteiger partial charge on any atom is -0.497 e. The number of nitrogens with one attached hydrogen (secondary N) is 3. The van der Waals surface area contributed by atoms with Crippen molar-refractivity contribution in [3.63, 3.8) is 0 Å². The average Bonchev–Trinajstić information content (AvgIpc) is 3.14. The molecule has 1 aliphatic heterocycles. The predicted octanol–water partition coefficient (Wildman–Crippen LogP) is 2.17. The number of methoxy groups -OCH3 is 1. The maximum atomic E-state index is 13.5. The molecule has 4 rings (SSSR count). The van der Waals surface area contributed by atoms with Gasteiger partial charge >= 0.3 is 6.03 Å². The number of allylic oxidation sites excluding steroid dienone is 2. The van der Waals surface area contributed by atoms with Crippen molar-refractivity contribution in [1.29, 1.82) is 0 Å². The van der Waals surface area contributed by atoms with Crippen molar-refractivity contribution in [3.05, 3.63) is 90.0 Å². The average molecular weight is 462 g/mol. The van der Waals surface area contributed by atoms with Crippen LogP contribution in [0, 0.1) is 5.41 Å². The van der Waals surface area contributed by atoms with Crippen LogP contribution in [-0.4, -0.2) is 41.7 Å². The normalized spacial score (nSPS) is 26.5. The number of carbonyl (C=O) groups is 3. The third kappa shape index (κ3) is 4.20. The lowest BCUT2D eigenvalue weighted by Gasteiger charge is -2.40. The summed E-state index contributed by atoms with van der Waals surface area (Å²) < 4.78 is 5.16. The van der Waals surface area contributed by atoms with Gasteiger partial charge in [0.2, 0.25) is 5.91 Å². The zero-order valence-corrected chi connectivity index (χ0v) is 18.9. The molecule has 176 valence electrons. The largest absolute Gasteiger partial charge is 0.497 e. The maximum Gasteiger partial charge on any atom is 0.322 e. The SMILES string of the molecule is COc1ccc(CNC(=O)C2(C(O)C3(C)NC(=O)NC3=O)C=CC(c3ccccc3)C=C2)cc1. The first-order valence-corrected chi connectivity index (χ1v) is 10.9. The molecule has 1 aliphatic carbocycles. The van der Waals surface area contributed by atoms with Gasteiger partial charge in [-0.3, -0.25) is 14.9 Å². The van der Waals surface area contributed by atoms with Crippen LogP contribution in [0.2, 0.25) is 0 Å². The Hall–Kier alpha value is -3.91. The molecule has 8 nitrogen and oxygen atoms in total. The Morgan fingerprint density at radius 2 is 1.74 bits per heavy atom. The molecule has 34 heavy (non-hydrogen) atoms. The van der Waals surface area contributed by atoms with Crippen molar-refractivity contribution < 1.29 is 24.2 Å². The van der Waals surface area contributed by atoms with Crippen LogP contribution in [0.4, 0.5) is 4.79 Å². The summed E-state index contributed by atoms with van der Waals surface area (Å²) in [6.45, 7) is 1.61. The quantitative estimate of drug-likeness (QED) is 0.373. The zero-order valence-electron chi connectivity index (χ0n) is 18.9. The van der Waals surface area contributed by atoms with Gasteiger partial charge in [-0.15, -0.1) is 0 Å². The molecule has 1 heterocycles. The molecule has 2 unspecified atom stereocenters. The molecule has 0 spiro atoms. The van der Waals surface area contributed by atoms with Crippen LogP contribution in [0.25, 0.3) is 0 Å². The molecule has 0 aromatic heterocycles. The highest BCUT2D eigenvalue weighted by Gasteiger charge is 2.57. The van der Waals surface area contributed by atoms with Gasteiger partial charge in [-0.25, -0.2) is 4.79 Å². The van der Waals surface area contributed by atoms with Gasteiger partial charge in [0.25, 0.3) is 5.91 Å². The van der Waals surface area contributed by atoms with Crippen molar-refractivity contribution in [1.82, 2.24) is 16.0 Å². The number of ether oxygens (including phenoxy) is 1. The van der Waals surface area contributed by atoms with Crippen LogP contribution >= 0.6 is 0 Å². The van der Waals surface area contributed by atoms with E-state index in [1.165, 1.54) is 6.92 Å². The fourth-order valence-corrected chi connectivity index (χ4v) is 4.31. The van der Waals surface area contributed by atoms with E-state index >= 15 is 0 Å². The second-order valence-corrected chi connectivity index (χ2v) is 8.63. The smallest absolute Gasteiger partial charge is 0.322 e. The van der Waals surface area contributed by atoms with E-state index in [0.29, 0.717) is 5.75 Å². The molecule has 8 heteroatoms. The first-order valence-electron chi connectivity index (χ1n) is 10.9. The fourth-order valence-electron chi connectivity index (χ4n) is 4.31. The van der Waals surface area contributed by atoms with E-state index in [1.54, 1.807) is 31.4 Å². The van der Waals surface area contributed by atoms with Gasteiger partial charge in [0.15, 0.2) is 0 Å². The summed E-state index contributed by atoms with van der Waals surface area (Å²) in [4.78, 5) is 37.9. The van der Waals surface area contributed by atoms with E-state index in [9.17, 15) is 19.5 Å². The summed E-state index contributed by atoms with van der Waals surface area (Å²) in [6.07, 6.45) is 5.31. The van der Waals surface area contributed by atoms with Crippen molar-refractivity contribution in [2.75, 3.05) is 7.11 Å². The molecular formula is C26H27N3O5. The molecule has 2 aliphatic rings. The van der Waals surface area contributed by atoms with E-state index in [0.717, 1.165) is 11.1 Å². The number of hydrogen-bond acceptors (Lipinski definition) is 5. The van der Waals surface area contributed by atoms with Crippen LogP contribution in [0.15, 0.2) is 78.9 Å². The number of rotatable bonds is 7. The second-order valence-electron chi connectivity index (χ2n) is 8.63. The highest BCUT2D eigenvalue weighted by atomic mass is 16.5. The first-order chi connectivity index (χ1) is 16.3. The Labute approximate surface area is 197 Å². The van der Waals surface area contributed by atoms with Crippen LogP contribution in [0.1, 0.15) is 24.0 Å². The lowest BCUT2D eigenvalue weighted by Crippen LogP contribution is -2.63. The molecular weight excluding hydrogens is 434 g/mol. The molecule has 4 amide bonds. The van der Waals surface area contributed by atoms with Gasteiger partial charge in [-0.05, 0) is 30.2 Å². The van der Waals surface area contributed by atoms with E-state index in [-0.39, 0.29) is 12.5 Å². The summed E-state index contributed by atoms with van der Waals surface area (Å²) in [5.41, 5.74) is -1.41. The van der Waals surface area contributed by atoms with Crippen LogP contribution in [-0.2, 0) is 16.1 Å². The highest BCUT2D eigenvalue weighted by Crippen LogP contribution is 2.39.